The van der Waals surface area contributed by atoms with Gasteiger partial charge in [0.1, 0.15) is 28.9 Å². The molecule has 12 heteroatoms. The number of amides is 1. The number of halogens is 1. The van der Waals surface area contributed by atoms with E-state index < -0.39 is 6.09 Å². The lowest BCUT2D eigenvalue weighted by Gasteiger charge is -2.39. The molecule has 2 heterocycles. The normalized spacial score (nSPS) is 15.0. The number of likely N-dealkylation sites (N-methyl/N-ethyl adjacent to an activating group) is 1. The van der Waals surface area contributed by atoms with Gasteiger partial charge in [-0.3, -0.25) is 0 Å². The second-order valence-electron chi connectivity index (χ2n) is 10.2. The fourth-order valence-electron chi connectivity index (χ4n) is 4.90. The molecular weight excluding hydrogens is 583 g/mol. The van der Waals surface area contributed by atoms with Gasteiger partial charge in [-0.05, 0) is 62.7 Å². The molecule has 1 atom stereocenters. The standard InChI is InChI=1S/C32H35FN6O4S/c1-21-20-38(17-16-37(21)2)25-12-10-22(18-24(25)33)35-31-34-15-14-30(36-31)39(26-13-11-23(41-3)19-28(26)42-4)32(40)43-27-8-6-7-9-29(27)44-5/h6-15,18-19,21H,16-17,20H2,1-5H3,(H,34,35,36). The monoisotopic (exact) mass is 618 g/mol. The van der Waals surface area contributed by atoms with Crippen LogP contribution in [0, 0.1) is 5.82 Å². The third-order valence-electron chi connectivity index (χ3n) is 7.45. The molecule has 0 saturated carbocycles. The van der Waals surface area contributed by atoms with Crippen molar-refractivity contribution in [3.8, 4) is 17.2 Å². The fourth-order valence-corrected chi connectivity index (χ4v) is 5.42. The number of methoxy groups -OCH3 is 2. The maximum absolute atomic E-state index is 15.3. The number of anilines is 5. The van der Waals surface area contributed by atoms with Gasteiger partial charge >= 0.3 is 6.09 Å². The molecule has 4 aromatic rings. The topological polar surface area (TPSA) is 92.3 Å². The number of carbonyl (C=O) groups is 1. The largest absolute Gasteiger partial charge is 0.497 e. The summed E-state index contributed by atoms with van der Waals surface area (Å²) in [6.45, 7) is 4.49. The van der Waals surface area contributed by atoms with Crippen LogP contribution in [0.4, 0.5) is 38.0 Å². The van der Waals surface area contributed by atoms with E-state index in [1.807, 2.05) is 18.4 Å². The minimum Gasteiger partial charge on any atom is -0.497 e. The molecule has 0 aliphatic carbocycles. The summed E-state index contributed by atoms with van der Waals surface area (Å²) in [6.07, 6.45) is 2.70. The summed E-state index contributed by atoms with van der Waals surface area (Å²) in [5.41, 5.74) is 1.40. The summed E-state index contributed by atoms with van der Waals surface area (Å²) in [6, 6.07) is 19.2. The molecule has 1 unspecified atom stereocenters. The first-order valence-electron chi connectivity index (χ1n) is 14.0. The summed E-state index contributed by atoms with van der Waals surface area (Å²) in [5.74, 6) is 1.35. The maximum atomic E-state index is 15.3. The van der Waals surface area contributed by atoms with Crippen LogP contribution in [0.15, 0.2) is 77.8 Å². The van der Waals surface area contributed by atoms with Crippen molar-refractivity contribution in [2.75, 3.05) is 62.3 Å². The minimum absolute atomic E-state index is 0.165. The zero-order valence-electron chi connectivity index (χ0n) is 25.3. The molecular formula is C32H35FN6O4S. The zero-order valence-corrected chi connectivity index (χ0v) is 26.1. The van der Waals surface area contributed by atoms with Crippen molar-refractivity contribution >= 4 is 46.7 Å². The Morgan fingerprint density at radius 3 is 2.59 bits per heavy atom. The first-order valence-corrected chi connectivity index (χ1v) is 15.3. The number of benzene rings is 3. The van der Waals surface area contributed by atoms with Crippen LogP contribution in [0.25, 0.3) is 0 Å². The number of nitrogens with one attached hydrogen (secondary N) is 1. The first-order chi connectivity index (χ1) is 21.3. The third-order valence-corrected chi connectivity index (χ3v) is 8.23. The molecule has 1 amide bonds. The van der Waals surface area contributed by atoms with E-state index in [0.29, 0.717) is 40.4 Å². The van der Waals surface area contributed by atoms with E-state index in [2.05, 4.69) is 39.1 Å². The molecule has 1 aromatic heterocycles. The van der Waals surface area contributed by atoms with Crippen molar-refractivity contribution in [3.05, 3.63) is 78.7 Å². The van der Waals surface area contributed by atoms with Gasteiger partial charge in [0.2, 0.25) is 5.95 Å². The van der Waals surface area contributed by atoms with Crippen LogP contribution >= 0.6 is 11.8 Å². The Morgan fingerprint density at radius 2 is 1.86 bits per heavy atom. The van der Waals surface area contributed by atoms with Gasteiger partial charge in [-0.1, -0.05) is 12.1 Å². The highest BCUT2D eigenvalue weighted by atomic mass is 32.2. The highest BCUT2D eigenvalue weighted by Crippen LogP contribution is 2.38. The van der Waals surface area contributed by atoms with Gasteiger partial charge in [-0.2, -0.15) is 4.98 Å². The molecule has 0 radical (unpaired) electrons. The predicted octanol–water partition coefficient (Wildman–Crippen LogP) is 6.58. The molecule has 0 bridgehead atoms. The molecule has 1 saturated heterocycles. The van der Waals surface area contributed by atoms with Crippen molar-refractivity contribution in [1.82, 2.24) is 14.9 Å². The maximum Gasteiger partial charge on any atom is 0.425 e. The number of piperazine rings is 1. The van der Waals surface area contributed by atoms with Gasteiger partial charge in [0.15, 0.2) is 0 Å². The molecule has 1 aliphatic rings. The van der Waals surface area contributed by atoms with Gasteiger partial charge in [-0.15, -0.1) is 11.8 Å². The highest BCUT2D eigenvalue weighted by Gasteiger charge is 2.27. The van der Waals surface area contributed by atoms with E-state index in [0.717, 1.165) is 24.5 Å². The Balaban J connectivity index is 1.45. The van der Waals surface area contributed by atoms with E-state index >= 15 is 4.39 Å². The Kier molecular flexibility index (Phi) is 9.71. The Hall–Kier alpha value is -4.55. The van der Waals surface area contributed by atoms with Gasteiger partial charge in [0, 0.05) is 54.6 Å². The van der Waals surface area contributed by atoms with E-state index in [-0.39, 0.29) is 17.6 Å². The smallest absolute Gasteiger partial charge is 0.425 e. The average Bonchev–Trinajstić information content (AvgIpc) is 3.03. The quantitative estimate of drug-likeness (QED) is 0.208. The first kappa shape index (κ1) is 30.9. The van der Waals surface area contributed by atoms with Crippen molar-refractivity contribution in [3.63, 3.8) is 0 Å². The SMILES string of the molecule is COc1ccc(N(C(=O)Oc2ccccc2SC)c2ccnc(Nc3ccc(N4CCN(C)C(C)C4)c(F)c3)n2)c(OC)c1. The summed E-state index contributed by atoms with van der Waals surface area (Å²) in [7, 11) is 5.12. The fraction of sp³-hybridized carbons (Fsp3) is 0.281. The molecule has 230 valence electrons. The molecule has 0 spiro atoms. The molecule has 1 fully saturated rings. The summed E-state index contributed by atoms with van der Waals surface area (Å²) in [4.78, 5) is 29.1. The zero-order chi connectivity index (χ0) is 31.2. The molecule has 10 nitrogen and oxygen atoms in total. The van der Waals surface area contributed by atoms with Crippen molar-refractivity contribution in [1.29, 1.82) is 0 Å². The molecule has 1 N–H and O–H groups in total. The van der Waals surface area contributed by atoms with Crippen LogP contribution in [0.3, 0.4) is 0 Å². The predicted molar refractivity (Wildman–Crippen MR) is 172 cm³/mol. The molecule has 1 aliphatic heterocycles. The second kappa shape index (κ2) is 13.8. The Morgan fingerprint density at radius 1 is 1.05 bits per heavy atom. The minimum atomic E-state index is -0.712. The number of carbonyl (C=O) groups excluding carboxylic acids is 1. The Labute approximate surface area is 260 Å². The summed E-state index contributed by atoms with van der Waals surface area (Å²) >= 11 is 1.46. The molecule has 44 heavy (non-hydrogen) atoms. The lowest BCUT2D eigenvalue weighted by molar-refractivity contribution is 0.209. The Bertz CT molecular complexity index is 1630. The van der Waals surface area contributed by atoms with Crippen LogP contribution in [0.1, 0.15) is 6.92 Å². The van der Waals surface area contributed by atoms with Crippen LogP contribution in [-0.2, 0) is 0 Å². The lowest BCUT2D eigenvalue weighted by Crippen LogP contribution is -2.50. The number of nitrogens with zero attached hydrogens (tertiary/aromatic N) is 5. The van der Waals surface area contributed by atoms with E-state index in [4.69, 9.17) is 14.2 Å². The summed E-state index contributed by atoms with van der Waals surface area (Å²) < 4.78 is 32.1. The lowest BCUT2D eigenvalue weighted by atomic mass is 10.1. The highest BCUT2D eigenvalue weighted by molar-refractivity contribution is 7.98. The number of rotatable bonds is 9. The van der Waals surface area contributed by atoms with Crippen LogP contribution < -0.4 is 29.3 Å². The number of para-hydroxylation sites is 1. The van der Waals surface area contributed by atoms with E-state index in [1.54, 1.807) is 55.6 Å². The summed E-state index contributed by atoms with van der Waals surface area (Å²) in [5, 5.41) is 3.07. The number of hydrogen-bond donors (Lipinski definition) is 1. The van der Waals surface area contributed by atoms with Crippen LogP contribution in [0.2, 0.25) is 0 Å². The van der Waals surface area contributed by atoms with Crippen molar-refractivity contribution in [2.45, 2.75) is 17.9 Å². The van der Waals surface area contributed by atoms with Crippen LogP contribution in [0.5, 0.6) is 17.2 Å². The van der Waals surface area contributed by atoms with Gasteiger partial charge in [0.25, 0.3) is 0 Å². The van der Waals surface area contributed by atoms with Crippen LogP contribution in [-0.4, -0.2) is 74.2 Å². The van der Waals surface area contributed by atoms with Gasteiger partial charge in [0.05, 0.1) is 25.6 Å². The number of aromatic nitrogens is 2. The number of hydrogen-bond acceptors (Lipinski definition) is 10. The second-order valence-corrected chi connectivity index (χ2v) is 11.0. The number of thioether (sulfide) groups is 1. The molecule has 3 aromatic carbocycles. The van der Waals surface area contributed by atoms with Gasteiger partial charge in [-0.25, -0.2) is 19.1 Å². The third kappa shape index (κ3) is 6.81. The van der Waals surface area contributed by atoms with Crippen molar-refractivity contribution < 1.29 is 23.4 Å². The van der Waals surface area contributed by atoms with Crippen molar-refractivity contribution in [2.24, 2.45) is 0 Å². The van der Waals surface area contributed by atoms with Gasteiger partial charge < -0.3 is 29.3 Å². The van der Waals surface area contributed by atoms with E-state index in [1.165, 1.54) is 36.0 Å². The molecule has 5 rings (SSSR count). The average molecular weight is 619 g/mol. The number of ether oxygens (including phenoxy) is 3. The van der Waals surface area contributed by atoms with E-state index in [9.17, 15) is 4.79 Å².